The van der Waals surface area contributed by atoms with Gasteiger partial charge in [-0.05, 0) is 53.9 Å². The van der Waals surface area contributed by atoms with Crippen molar-refractivity contribution in [3.63, 3.8) is 0 Å². The molecule has 0 spiro atoms. The van der Waals surface area contributed by atoms with E-state index >= 15 is 0 Å². The van der Waals surface area contributed by atoms with Crippen molar-refractivity contribution in [1.82, 2.24) is 4.31 Å². The first-order chi connectivity index (χ1) is 8.46. The number of nitrogens with two attached hydrogens (primary N) is 1. The Morgan fingerprint density at radius 2 is 2.05 bits per heavy atom. The van der Waals surface area contributed by atoms with Gasteiger partial charge in [0.1, 0.15) is 0 Å². The molecule has 1 aliphatic heterocycles. The SMILES string of the molecule is CC1CC(CN)CN1S(=O)(=O)c1ccccc1Br.Cl. The van der Waals surface area contributed by atoms with Gasteiger partial charge in [0.25, 0.3) is 0 Å². The van der Waals surface area contributed by atoms with Gasteiger partial charge in [0.2, 0.25) is 10.0 Å². The molecule has 1 aromatic rings. The van der Waals surface area contributed by atoms with Crippen molar-refractivity contribution in [2.24, 2.45) is 11.7 Å². The summed E-state index contributed by atoms with van der Waals surface area (Å²) >= 11 is 3.30. The molecule has 0 saturated carbocycles. The van der Waals surface area contributed by atoms with Gasteiger partial charge in [-0.25, -0.2) is 8.42 Å². The molecule has 1 heterocycles. The van der Waals surface area contributed by atoms with Crippen molar-refractivity contribution in [3.05, 3.63) is 28.7 Å². The van der Waals surface area contributed by atoms with Crippen LogP contribution in [0.1, 0.15) is 13.3 Å². The summed E-state index contributed by atoms with van der Waals surface area (Å²) in [5, 5.41) is 0. The number of benzene rings is 1. The lowest BCUT2D eigenvalue weighted by molar-refractivity contribution is 0.404. The highest BCUT2D eigenvalue weighted by Crippen LogP contribution is 2.31. The van der Waals surface area contributed by atoms with Crippen molar-refractivity contribution in [2.45, 2.75) is 24.3 Å². The maximum atomic E-state index is 12.6. The van der Waals surface area contributed by atoms with Gasteiger partial charge >= 0.3 is 0 Å². The molecule has 1 fully saturated rings. The first-order valence-electron chi connectivity index (χ1n) is 5.93. The normalized spacial score (nSPS) is 24.2. The van der Waals surface area contributed by atoms with Crippen LogP contribution in [-0.4, -0.2) is 31.9 Å². The Morgan fingerprint density at radius 1 is 1.42 bits per heavy atom. The van der Waals surface area contributed by atoms with E-state index in [1.165, 1.54) is 0 Å². The quantitative estimate of drug-likeness (QED) is 0.888. The molecule has 19 heavy (non-hydrogen) atoms. The van der Waals surface area contributed by atoms with E-state index in [0.29, 0.717) is 22.5 Å². The van der Waals surface area contributed by atoms with Crippen molar-refractivity contribution in [2.75, 3.05) is 13.1 Å². The predicted molar refractivity (Wildman–Crippen MR) is 81.9 cm³/mol. The van der Waals surface area contributed by atoms with E-state index < -0.39 is 10.0 Å². The first-order valence-corrected chi connectivity index (χ1v) is 8.16. The lowest BCUT2D eigenvalue weighted by Crippen LogP contribution is -2.34. The van der Waals surface area contributed by atoms with Crippen LogP contribution in [0.15, 0.2) is 33.6 Å². The number of sulfonamides is 1. The molecule has 0 aliphatic carbocycles. The summed E-state index contributed by atoms with van der Waals surface area (Å²) in [5.41, 5.74) is 5.64. The standard InChI is InChI=1S/C12H17BrN2O2S.ClH/c1-9-6-10(7-14)8-15(9)18(16,17)12-5-3-2-4-11(12)13;/h2-5,9-10H,6-8,14H2,1H3;1H. The van der Waals surface area contributed by atoms with Gasteiger partial charge in [0.05, 0.1) is 4.90 Å². The molecule has 2 N–H and O–H groups in total. The second kappa shape index (κ2) is 6.54. The topological polar surface area (TPSA) is 63.4 Å². The van der Waals surface area contributed by atoms with Crippen LogP contribution in [-0.2, 0) is 10.0 Å². The molecule has 2 unspecified atom stereocenters. The molecule has 108 valence electrons. The van der Waals surface area contributed by atoms with Crippen LogP contribution in [0.5, 0.6) is 0 Å². The van der Waals surface area contributed by atoms with Gasteiger partial charge in [0.15, 0.2) is 0 Å². The van der Waals surface area contributed by atoms with Gasteiger partial charge in [-0.1, -0.05) is 12.1 Å². The molecular weight excluding hydrogens is 352 g/mol. The van der Waals surface area contributed by atoms with Gasteiger partial charge in [-0.3, -0.25) is 0 Å². The van der Waals surface area contributed by atoms with Gasteiger partial charge in [0, 0.05) is 17.1 Å². The van der Waals surface area contributed by atoms with Crippen molar-refractivity contribution < 1.29 is 8.42 Å². The summed E-state index contributed by atoms with van der Waals surface area (Å²) in [7, 11) is -3.43. The van der Waals surface area contributed by atoms with Gasteiger partial charge < -0.3 is 5.73 Å². The molecule has 1 saturated heterocycles. The molecule has 0 radical (unpaired) electrons. The molecule has 2 rings (SSSR count). The van der Waals surface area contributed by atoms with E-state index in [4.69, 9.17) is 5.73 Å². The van der Waals surface area contributed by atoms with Crippen molar-refractivity contribution in [1.29, 1.82) is 0 Å². The largest absolute Gasteiger partial charge is 0.330 e. The fourth-order valence-electron chi connectivity index (χ4n) is 2.39. The summed E-state index contributed by atoms with van der Waals surface area (Å²) in [6.45, 7) is 2.98. The number of nitrogens with zero attached hydrogens (tertiary/aromatic N) is 1. The highest BCUT2D eigenvalue weighted by Gasteiger charge is 2.37. The lowest BCUT2D eigenvalue weighted by Gasteiger charge is -2.21. The highest BCUT2D eigenvalue weighted by atomic mass is 79.9. The van der Waals surface area contributed by atoms with Crippen LogP contribution in [0.25, 0.3) is 0 Å². The molecule has 2 atom stereocenters. The highest BCUT2D eigenvalue weighted by molar-refractivity contribution is 9.10. The molecular formula is C12H18BrClN2O2S. The number of rotatable bonds is 3. The average Bonchev–Trinajstić information content (AvgIpc) is 2.71. The maximum absolute atomic E-state index is 12.6. The van der Waals surface area contributed by atoms with Crippen molar-refractivity contribution >= 4 is 38.4 Å². The van der Waals surface area contributed by atoms with E-state index in [1.807, 2.05) is 6.92 Å². The van der Waals surface area contributed by atoms with Gasteiger partial charge in [-0.15, -0.1) is 12.4 Å². The summed E-state index contributed by atoms with van der Waals surface area (Å²) in [5.74, 6) is 0.261. The summed E-state index contributed by atoms with van der Waals surface area (Å²) in [4.78, 5) is 0.328. The monoisotopic (exact) mass is 368 g/mol. The van der Waals surface area contributed by atoms with Crippen LogP contribution >= 0.6 is 28.3 Å². The molecule has 1 aliphatic rings. The van der Waals surface area contributed by atoms with Crippen molar-refractivity contribution in [3.8, 4) is 0 Å². The number of hydrogen-bond donors (Lipinski definition) is 1. The van der Waals surface area contributed by atoms with E-state index in [-0.39, 0.29) is 24.4 Å². The Bertz CT molecular complexity index is 538. The first kappa shape index (κ1) is 16.9. The summed E-state index contributed by atoms with van der Waals surface area (Å²) in [6, 6.07) is 6.92. The van der Waals surface area contributed by atoms with E-state index in [9.17, 15) is 8.42 Å². The van der Waals surface area contributed by atoms with Crippen LogP contribution < -0.4 is 5.73 Å². The minimum absolute atomic E-state index is 0. The zero-order valence-electron chi connectivity index (χ0n) is 10.6. The number of halogens is 2. The molecule has 7 heteroatoms. The Balaban J connectivity index is 0.00000180. The van der Waals surface area contributed by atoms with Crippen LogP contribution in [0, 0.1) is 5.92 Å². The molecule has 4 nitrogen and oxygen atoms in total. The minimum Gasteiger partial charge on any atom is -0.330 e. The van der Waals surface area contributed by atoms with E-state index in [2.05, 4.69) is 15.9 Å². The Labute approximate surface area is 128 Å². The third kappa shape index (κ3) is 3.31. The van der Waals surface area contributed by atoms with E-state index in [0.717, 1.165) is 6.42 Å². The third-order valence-corrected chi connectivity index (χ3v) is 6.35. The average molecular weight is 370 g/mol. The third-order valence-electron chi connectivity index (χ3n) is 3.36. The van der Waals surface area contributed by atoms with Crippen LogP contribution in [0.4, 0.5) is 0 Å². The smallest absolute Gasteiger partial charge is 0.244 e. The summed E-state index contributed by atoms with van der Waals surface area (Å²) < 4.78 is 27.3. The molecule has 0 bridgehead atoms. The van der Waals surface area contributed by atoms with E-state index in [1.54, 1.807) is 28.6 Å². The van der Waals surface area contributed by atoms with Crippen LogP contribution in [0.2, 0.25) is 0 Å². The fourth-order valence-corrected chi connectivity index (χ4v) is 5.08. The Morgan fingerprint density at radius 3 is 2.58 bits per heavy atom. The summed E-state index contributed by atoms with van der Waals surface area (Å²) in [6.07, 6.45) is 0.834. The zero-order chi connectivity index (χ0) is 13.3. The van der Waals surface area contributed by atoms with Gasteiger partial charge in [-0.2, -0.15) is 4.31 Å². The number of hydrogen-bond acceptors (Lipinski definition) is 3. The Hall–Kier alpha value is -0.140. The molecule has 0 aromatic heterocycles. The second-order valence-corrected chi connectivity index (χ2v) is 7.40. The zero-order valence-corrected chi connectivity index (χ0v) is 13.8. The minimum atomic E-state index is -3.43. The molecule has 1 aromatic carbocycles. The Kier molecular flexibility index (Phi) is 5.82. The predicted octanol–water partition coefficient (Wildman–Crippen LogP) is 2.23. The van der Waals surface area contributed by atoms with Crippen LogP contribution in [0.3, 0.4) is 0 Å². The molecule has 0 amide bonds. The maximum Gasteiger partial charge on any atom is 0.244 e. The lowest BCUT2D eigenvalue weighted by atomic mass is 10.1. The second-order valence-electron chi connectivity index (χ2n) is 4.69. The fraction of sp³-hybridized carbons (Fsp3) is 0.500.